The van der Waals surface area contributed by atoms with Crippen molar-refractivity contribution in [3.8, 4) is 11.5 Å². The number of rotatable bonds is 6. The van der Waals surface area contributed by atoms with Gasteiger partial charge >= 0.3 is 0 Å². The number of thiazole rings is 1. The van der Waals surface area contributed by atoms with Crippen LogP contribution in [0.5, 0.6) is 0 Å². The molecule has 3 aromatic rings. The van der Waals surface area contributed by atoms with Gasteiger partial charge in [0.2, 0.25) is 5.82 Å². The van der Waals surface area contributed by atoms with Crippen molar-refractivity contribution in [1.29, 1.82) is 0 Å². The fourth-order valence-electron chi connectivity index (χ4n) is 1.99. The second kappa shape index (κ2) is 6.48. The highest BCUT2D eigenvalue weighted by Gasteiger charge is 2.12. The molecule has 0 saturated carbocycles. The van der Waals surface area contributed by atoms with Crippen molar-refractivity contribution in [2.45, 2.75) is 12.8 Å². The van der Waals surface area contributed by atoms with Crippen LogP contribution in [0.1, 0.15) is 27.6 Å². The van der Waals surface area contributed by atoms with Gasteiger partial charge in [-0.3, -0.25) is 9.89 Å². The number of nitrogens with two attached hydrogens (primary N) is 1. The molecule has 0 unspecified atom stereocenters. The summed E-state index contributed by atoms with van der Waals surface area (Å²) >= 11 is 1.19. The Morgan fingerprint density at radius 2 is 2.09 bits per heavy atom. The van der Waals surface area contributed by atoms with Crippen LogP contribution in [0.2, 0.25) is 0 Å². The number of nitrogens with zero attached hydrogens (tertiary/aromatic N) is 3. The number of H-pyrrole nitrogens is 1. The number of nitrogens with one attached hydrogen (secondary N) is 1. The number of aromatic amines is 1. The van der Waals surface area contributed by atoms with E-state index in [-0.39, 0.29) is 5.01 Å². The molecule has 3 rings (SSSR count). The van der Waals surface area contributed by atoms with Gasteiger partial charge in [0.25, 0.3) is 5.91 Å². The first-order valence-electron chi connectivity index (χ1n) is 6.77. The molecule has 22 heavy (non-hydrogen) atoms. The first-order valence-corrected chi connectivity index (χ1v) is 7.65. The average molecular weight is 312 g/mol. The van der Waals surface area contributed by atoms with Crippen LogP contribution in [-0.2, 0) is 6.42 Å². The first kappa shape index (κ1) is 14.4. The SMILES string of the molecule is NC(=O)c1nc(-c2n[nH]c([CH]CCc3ccccc3)n2)cs1. The number of hydrogen-bond acceptors (Lipinski definition) is 5. The van der Waals surface area contributed by atoms with Gasteiger partial charge in [-0.15, -0.1) is 11.3 Å². The maximum atomic E-state index is 11.0. The lowest BCUT2D eigenvalue weighted by atomic mass is 10.1. The second-order valence-corrected chi connectivity index (χ2v) is 5.53. The summed E-state index contributed by atoms with van der Waals surface area (Å²) in [6, 6.07) is 10.3. The van der Waals surface area contributed by atoms with Gasteiger partial charge in [0.1, 0.15) is 11.5 Å². The molecule has 0 fully saturated rings. The number of benzene rings is 1. The third kappa shape index (κ3) is 3.37. The van der Waals surface area contributed by atoms with Crippen molar-refractivity contribution < 1.29 is 4.79 Å². The first-order chi connectivity index (χ1) is 10.7. The maximum absolute atomic E-state index is 11.0. The van der Waals surface area contributed by atoms with Crippen molar-refractivity contribution in [1.82, 2.24) is 20.2 Å². The lowest BCUT2D eigenvalue weighted by molar-refractivity contribution is 0.1000. The Morgan fingerprint density at radius 3 is 2.82 bits per heavy atom. The number of hydrogen-bond donors (Lipinski definition) is 2. The Labute approximate surface area is 131 Å². The number of carbonyl (C=O) groups excluding carboxylic acids is 1. The van der Waals surface area contributed by atoms with Crippen molar-refractivity contribution in [3.05, 3.63) is 58.5 Å². The zero-order valence-corrected chi connectivity index (χ0v) is 12.5. The van der Waals surface area contributed by atoms with Crippen LogP contribution in [0.4, 0.5) is 0 Å². The Morgan fingerprint density at radius 1 is 1.27 bits per heavy atom. The summed E-state index contributed by atoms with van der Waals surface area (Å²) in [6.07, 6.45) is 3.80. The van der Waals surface area contributed by atoms with Gasteiger partial charge in [0, 0.05) is 11.8 Å². The van der Waals surface area contributed by atoms with Gasteiger partial charge < -0.3 is 5.73 Å². The highest BCUT2D eigenvalue weighted by atomic mass is 32.1. The van der Waals surface area contributed by atoms with E-state index in [4.69, 9.17) is 5.73 Å². The molecule has 3 N–H and O–H groups in total. The highest BCUT2D eigenvalue weighted by Crippen LogP contribution is 2.18. The van der Waals surface area contributed by atoms with Crippen LogP contribution in [-0.4, -0.2) is 26.1 Å². The molecule has 6 nitrogen and oxygen atoms in total. The molecule has 1 aromatic carbocycles. The van der Waals surface area contributed by atoms with Crippen LogP contribution in [0, 0.1) is 6.42 Å². The zero-order valence-electron chi connectivity index (χ0n) is 11.7. The molecule has 1 radical (unpaired) electrons. The van der Waals surface area contributed by atoms with Crippen molar-refractivity contribution in [2.24, 2.45) is 5.73 Å². The third-order valence-corrected chi connectivity index (χ3v) is 3.92. The van der Waals surface area contributed by atoms with Crippen molar-refractivity contribution >= 4 is 17.2 Å². The van der Waals surface area contributed by atoms with Gasteiger partial charge in [0.05, 0.1) is 0 Å². The molecular formula is C15H14N5OS. The predicted molar refractivity (Wildman–Crippen MR) is 84.2 cm³/mol. The summed E-state index contributed by atoms with van der Waals surface area (Å²) in [7, 11) is 0. The maximum Gasteiger partial charge on any atom is 0.277 e. The van der Waals surface area contributed by atoms with Crippen molar-refractivity contribution in [3.63, 3.8) is 0 Å². The van der Waals surface area contributed by atoms with Gasteiger partial charge in [-0.2, -0.15) is 5.10 Å². The zero-order chi connectivity index (χ0) is 15.4. The number of aryl methyl sites for hydroxylation is 1. The third-order valence-electron chi connectivity index (χ3n) is 3.06. The molecule has 2 heterocycles. The Balaban J connectivity index is 1.60. The Bertz CT molecular complexity index is 765. The molecule has 0 aliphatic carbocycles. The van der Waals surface area contributed by atoms with Gasteiger partial charge in [-0.25, -0.2) is 9.97 Å². The second-order valence-electron chi connectivity index (χ2n) is 4.67. The van der Waals surface area contributed by atoms with Gasteiger partial charge in [0.15, 0.2) is 5.01 Å². The topological polar surface area (TPSA) is 97.5 Å². The number of aromatic nitrogens is 4. The average Bonchev–Trinajstić information content (AvgIpc) is 3.17. The van der Waals surface area contributed by atoms with E-state index in [0.29, 0.717) is 17.3 Å². The molecule has 111 valence electrons. The molecule has 0 spiro atoms. The summed E-state index contributed by atoms with van der Waals surface area (Å²) in [5, 5.41) is 8.95. The van der Waals surface area contributed by atoms with E-state index in [2.05, 4.69) is 32.3 Å². The van der Waals surface area contributed by atoms with Gasteiger partial charge in [-0.05, 0) is 18.4 Å². The minimum Gasteiger partial charge on any atom is -0.364 e. The Hall–Kier alpha value is -2.54. The lowest BCUT2D eigenvalue weighted by Crippen LogP contribution is -2.10. The molecule has 0 atom stereocenters. The van der Waals surface area contributed by atoms with E-state index in [1.807, 2.05) is 24.6 Å². The minimum absolute atomic E-state index is 0.259. The van der Waals surface area contributed by atoms with Crippen LogP contribution in [0.15, 0.2) is 35.7 Å². The number of primary amides is 1. The molecule has 2 aromatic heterocycles. The van der Waals surface area contributed by atoms with Crippen molar-refractivity contribution in [2.75, 3.05) is 0 Å². The Kier molecular flexibility index (Phi) is 4.24. The molecule has 0 saturated heterocycles. The number of amides is 1. The van der Waals surface area contributed by atoms with Crippen LogP contribution in [0.3, 0.4) is 0 Å². The van der Waals surface area contributed by atoms with Crippen LogP contribution in [0.25, 0.3) is 11.5 Å². The standard InChI is InChI=1S/C15H14N5OS/c16-13(21)15-17-11(9-22-15)14-18-12(19-20-14)8-4-7-10-5-2-1-3-6-10/h1-3,5-6,8-9H,4,7H2,(H2,16,21)(H,18,19,20). The van der Waals surface area contributed by atoms with Crippen LogP contribution < -0.4 is 5.73 Å². The van der Waals surface area contributed by atoms with Gasteiger partial charge in [-0.1, -0.05) is 30.3 Å². The predicted octanol–water partition coefficient (Wildman–Crippen LogP) is 2.21. The van der Waals surface area contributed by atoms with E-state index in [9.17, 15) is 4.79 Å². The normalized spacial score (nSPS) is 10.7. The lowest BCUT2D eigenvalue weighted by Gasteiger charge is -1.98. The van der Waals surface area contributed by atoms with E-state index in [0.717, 1.165) is 12.8 Å². The van der Waals surface area contributed by atoms with E-state index >= 15 is 0 Å². The smallest absolute Gasteiger partial charge is 0.277 e. The molecule has 0 bridgehead atoms. The monoisotopic (exact) mass is 312 g/mol. The minimum atomic E-state index is -0.540. The summed E-state index contributed by atoms with van der Waals surface area (Å²) in [6.45, 7) is 0. The molecule has 0 aliphatic heterocycles. The quantitative estimate of drug-likeness (QED) is 0.729. The molecule has 7 heteroatoms. The summed E-state index contributed by atoms with van der Waals surface area (Å²) in [5.41, 5.74) is 7.02. The van der Waals surface area contributed by atoms with E-state index in [1.54, 1.807) is 5.38 Å². The summed E-state index contributed by atoms with van der Waals surface area (Å²) < 4.78 is 0. The number of carbonyl (C=O) groups is 1. The largest absolute Gasteiger partial charge is 0.364 e. The molecular weight excluding hydrogens is 298 g/mol. The van der Waals surface area contributed by atoms with Crippen LogP contribution >= 0.6 is 11.3 Å². The van der Waals surface area contributed by atoms with E-state index < -0.39 is 5.91 Å². The molecule has 0 aliphatic rings. The fraction of sp³-hybridized carbons (Fsp3) is 0.133. The summed E-state index contributed by atoms with van der Waals surface area (Å²) in [5.74, 6) is 0.621. The van der Waals surface area contributed by atoms with E-state index in [1.165, 1.54) is 16.9 Å². The fourth-order valence-corrected chi connectivity index (χ4v) is 2.64. The summed E-state index contributed by atoms with van der Waals surface area (Å²) in [4.78, 5) is 19.5. The molecule has 1 amide bonds. The highest BCUT2D eigenvalue weighted by molar-refractivity contribution is 7.12.